The van der Waals surface area contributed by atoms with Crippen LogP contribution in [0.4, 0.5) is 0 Å². The van der Waals surface area contributed by atoms with Crippen molar-refractivity contribution in [3.63, 3.8) is 0 Å². The number of benzene rings is 2. The van der Waals surface area contributed by atoms with Gasteiger partial charge in [-0.3, -0.25) is 4.79 Å². The number of carbonyl (C=O) groups excluding carboxylic acids is 1. The number of Topliss-reactive ketones (excluding diaryl/α,β-unsaturated/α-hetero) is 1. The van der Waals surface area contributed by atoms with Gasteiger partial charge >= 0.3 is 0 Å². The summed E-state index contributed by atoms with van der Waals surface area (Å²) >= 11 is 16.6. The molecule has 0 N–H and O–H groups in total. The van der Waals surface area contributed by atoms with Crippen LogP contribution in [-0.4, -0.2) is 11.5 Å². The Morgan fingerprint density at radius 2 is 1.89 bits per heavy atom. The smallest absolute Gasteiger partial charge is 0.173 e. The minimum atomic E-state index is 0.0809. The van der Waals surface area contributed by atoms with Crippen LogP contribution in [0, 0.1) is 0 Å². The third kappa shape index (κ3) is 4.25. The fourth-order valence-corrected chi connectivity index (χ4v) is 3.05. The zero-order chi connectivity index (χ0) is 13.8. The van der Waals surface area contributed by atoms with E-state index < -0.39 is 0 Å². The molecule has 1 nitrogen and oxygen atoms in total. The van der Waals surface area contributed by atoms with E-state index in [1.807, 2.05) is 30.3 Å². The van der Waals surface area contributed by atoms with Crippen molar-refractivity contribution in [3.8, 4) is 0 Å². The maximum Gasteiger partial charge on any atom is 0.173 e. The summed E-state index contributed by atoms with van der Waals surface area (Å²) in [4.78, 5) is 12.9. The molecule has 2 aromatic carbocycles. The molecular weight excluding hydrogens is 367 g/mol. The molecule has 0 fully saturated rings. The number of carbonyl (C=O) groups is 1. The van der Waals surface area contributed by atoms with Gasteiger partial charge < -0.3 is 0 Å². The molecule has 2 aromatic rings. The Bertz CT molecular complexity index is 616. The maximum absolute atomic E-state index is 12.0. The van der Waals surface area contributed by atoms with E-state index in [2.05, 4.69) is 15.9 Å². The summed E-state index contributed by atoms with van der Waals surface area (Å²) in [5.41, 5.74) is 0.696. The highest BCUT2D eigenvalue weighted by Gasteiger charge is 2.08. The Kier molecular flexibility index (Phi) is 5.34. The summed E-state index contributed by atoms with van der Waals surface area (Å²) < 4.78 is 0.901. The van der Waals surface area contributed by atoms with Crippen molar-refractivity contribution in [1.82, 2.24) is 0 Å². The normalized spacial score (nSPS) is 10.5. The minimum absolute atomic E-state index is 0.0809. The van der Waals surface area contributed by atoms with Crippen LogP contribution in [0.2, 0.25) is 10.0 Å². The second kappa shape index (κ2) is 6.80. The van der Waals surface area contributed by atoms with Crippen LogP contribution < -0.4 is 0 Å². The molecule has 0 saturated carbocycles. The van der Waals surface area contributed by atoms with Gasteiger partial charge in [0.05, 0.1) is 15.8 Å². The van der Waals surface area contributed by atoms with E-state index in [9.17, 15) is 4.79 Å². The van der Waals surface area contributed by atoms with Crippen LogP contribution in [0.3, 0.4) is 0 Å². The van der Waals surface area contributed by atoms with Gasteiger partial charge in [0, 0.05) is 14.9 Å². The molecule has 0 aliphatic rings. The number of thioether (sulfide) groups is 1. The van der Waals surface area contributed by atoms with Crippen LogP contribution in [0.1, 0.15) is 10.4 Å². The molecule has 0 saturated heterocycles. The Labute approximate surface area is 134 Å². The molecule has 0 heterocycles. The van der Waals surface area contributed by atoms with Crippen molar-refractivity contribution in [3.05, 3.63) is 62.5 Å². The second-order valence-corrected chi connectivity index (χ2v) is 6.58. The van der Waals surface area contributed by atoms with Crippen LogP contribution in [0.25, 0.3) is 0 Å². The number of hydrogen-bond donors (Lipinski definition) is 0. The van der Waals surface area contributed by atoms with Crippen molar-refractivity contribution >= 4 is 56.7 Å². The first kappa shape index (κ1) is 14.9. The minimum Gasteiger partial charge on any atom is -0.293 e. The lowest BCUT2D eigenvalue weighted by Crippen LogP contribution is -2.01. The molecule has 0 spiro atoms. The molecular formula is C14H9BrCl2OS. The lowest BCUT2D eigenvalue weighted by molar-refractivity contribution is 0.102. The number of rotatable bonds is 4. The standard InChI is InChI=1S/C14H9BrCl2OS/c15-10-3-1-2-9(6-10)14(18)8-19-11-4-5-12(16)13(17)7-11/h1-7H,8H2. The molecule has 0 atom stereocenters. The van der Waals surface area contributed by atoms with E-state index in [0.717, 1.165) is 9.37 Å². The van der Waals surface area contributed by atoms with E-state index in [-0.39, 0.29) is 5.78 Å². The van der Waals surface area contributed by atoms with Crippen molar-refractivity contribution in [2.45, 2.75) is 4.90 Å². The Hall–Kier alpha value is -0.480. The van der Waals surface area contributed by atoms with Gasteiger partial charge in [0.2, 0.25) is 0 Å². The fourth-order valence-electron chi connectivity index (χ4n) is 1.46. The van der Waals surface area contributed by atoms with Gasteiger partial charge in [0.15, 0.2) is 5.78 Å². The SMILES string of the molecule is O=C(CSc1ccc(Cl)c(Cl)c1)c1cccc(Br)c1. The van der Waals surface area contributed by atoms with Crippen molar-refractivity contribution in [1.29, 1.82) is 0 Å². The van der Waals surface area contributed by atoms with Gasteiger partial charge in [-0.1, -0.05) is 51.3 Å². The summed E-state index contributed by atoms with van der Waals surface area (Å²) in [6.45, 7) is 0. The molecule has 98 valence electrons. The summed E-state index contributed by atoms with van der Waals surface area (Å²) in [7, 11) is 0. The lowest BCUT2D eigenvalue weighted by Gasteiger charge is -2.03. The van der Waals surface area contributed by atoms with Gasteiger partial charge in [0.25, 0.3) is 0 Å². The fraction of sp³-hybridized carbons (Fsp3) is 0.0714. The first-order valence-corrected chi connectivity index (χ1v) is 7.96. The highest BCUT2D eigenvalue weighted by atomic mass is 79.9. The highest BCUT2D eigenvalue weighted by Crippen LogP contribution is 2.28. The van der Waals surface area contributed by atoms with E-state index in [1.165, 1.54) is 11.8 Å². The molecule has 5 heteroatoms. The Balaban J connectivity index is 2.02. The van der Waals surface area contributed by atoms with Gasteiger partial charge in [-0.2, -0.15) is 0 Å². The number of hydrogen-bond acceptors (Lipinski definition) is 2. The van der Waals surface area contributed by atoms with Crippen molar-refractivity contribution in [2.75, 3.05) is 5.75 Å². The maximum atomic E-state index is 12.0. The molecule has 0 aromatic heterocycles. The van der Waals surface area contributed by atoms with Gasteiger partial charge in [-0.15, -0.1) is 11.8 Å². The Morgan fingerprint density at radius 1 is 1.11 bits per heavy atom. The summed E-state index contributed by atoms with van der Waals surface area (Å²) in [6, 6.07) is 12.7. The lowest BCUT2D eigenvalue weighted by atomic mass is 10.2. The van der Waals surface area contributed by atoms with Crippen molar-refractivity contribution < 1.29 is 4.79 Å². The average molecular weight is 376 g/mol. The molecule has 0 aliphatic heterocycles. The Morgan fingerprint density at radius 3 is 2.58 bits per heavy atom. The first-order valence-electron chi connectivity index (χ1n) is 5.43. The zero-order valence-electron chi connectivity index (χ0n) is 9.70. The van der Waals surface area contributed by atoms with E-state index in [4.69, 9.17) is 23.2 Å². The highest BCUT2D eigenvalue weighted by molar-refractivity contribution is 9.10. The predicted molar refractivity (Wildman–Crippen MR) is 85.7 cm³/mol. The number of ketones is 1. The monoisotopic (exact) mass is 374 g/mol. The molecule has 2 rings (SSSR count). The summed E-state index contributed by atoms with van der Waals surface area (Å²) in [6.07, 6.45) is 0. The zero-order valence-corrected chi connectivity index (χ0v) is 13.6. The van der Waals surface area contributed by atoms with Crippen LogP contribution in [-0.2, 0) is 0 Å². The molecule has 0 radical (unpaired) electrons. The van der Waals surface area contributed by atoms with Gasteiger partial charge in [-0.25, -0.2) is 0 Å². The third-order valence-corrected chi connectivity index (χ3v) is 4.63. The first-order chi connectivity index (χ1) is 9.06. The van der Waals surface area contributed by atoms with Gasteiger partial charge in [0.1, 0.15) is 0 Å². The van der Waals surface area contributed by atoms with Gasteiger partial charge in [-0.05, 0) is 30.3 Å². The topological polar surface area (TPSA) is 17.1 Å². The number of halogens is 3. The summed E-state index contributed by atoms with van der Waals surface area (Å²) in [5, 5.41) is 1.02. The van der Waals surface area contributed by atoms with E-state index >= 15 is 0 Å². The predicted octanol–water partition coefficient (Wildman–Crippen LogP) is 5.73. The van der Waals surface area contributed by atoms with Crippen molar-refractivity contribution in [2.24, 2.45) is 0 Å². The van der Waals surface area contributed by atoms with Crippen LogP contribution in [0.15, 0.2) is 51.8 Å². The van der Waals surface area contributed by atoms with E-state index in [0.29, 0.717) is 21.4 Å². The van der Waals surface area contributed by atoms with E-state index in [1.54, 1.807) is 12.1 Å². The molecule has 0 bridgehead atoms. The second-order valence-electron chi connectivity index (χ2n) is 3.80. The van der Waals surface area contributed by atoms with Crippen LogP contribution >= 0.6 is 50.9 Å². The average Bonchev–Trinajstić information content (AvgIpc) is 2.40. The molecule has 0 amide bonds. The quantitative estimate of drug-likeness (QED) is 0.501. The molecule has 0 aliphatic carbocycles. The summed E-state index contributed by atoms with van der Waals surface area (Å²) in [5.74, 6) is 0.450. The molecule has 0 unspecified atom stereocenters. The largest absolute Gasteiger partial charge is 0.293 e. The third-order valence-electron chi connectivity index (χ3n) is 2.41. The van der Waals surface area contributed by atoms with Crippen LogP contribution in [0.5, 0.6) is 0 Å². The molecule has 19 heavy (non-hydrogen) atoms.